The Morgan fingerprint density at radius 2 is 1.58 bits per heavy atom. The van der Waals surface area contributed by atoms with E-state index in [1.807, 2.05) is 78.9 Å². The lowest BCUT2D eigenvalue weighted by Crippen LogP contribution is -2.42. The number of benzene rings is 3. The molecule has 250 valence electrons. The summed E-state index contributed by atoms with van der Waals surface area (Å²) in [6.45, 7) is 3.37. The number of aromatic amines is 1. The number of ether oxygens (including phenoxy) is 4. The quantitative estimate of drug-likeness (QED) is 0.155. The fourth-order valence-corrected chi connectivity index (χ4v) is 5.87. The van der Waals surface area contributed by atoms with E-state index in [4.69, 9.17) is 24.7 Å². The van der Waals surface area contributed by atoms with Gasteiger partial charge in [0, 0.05) is 5.92 Å². The average Bonchev–Trinajstić information content (AvgIpc) is 3.66. The van der Waals surface area contributed by atoms with Crippen molar-refractivity contribution in [2.24, 2.45) is 11.7 Å². The molecule has 4 atom stereocenters. The first-order valence-corrected chi connectivity index (χ1v) is 15.5. The van der Waals surface area contributed by atoms with E-state index in [9.17, 15) is 14.7 Å². The predicted molar refractivity (Wildman–Crippen MR) is 178 cm³/mol. The molecule has 13 heteroatoms. The van der Waals surface area contributed by atoms with Crippen molar-refractivity contribution >= 4 is 23.0 Å². The lowest BCUT2D eigenvalue weighted by atomic mass is 9.80. The molecule has 1 aliphatic rings. The summed E-state index contributed by atoms with van der Waals surface area (Å²) in [5, 5.41) is 14.0. The number of aliphatic hydroxyl groups excluding tert-OH is 1. The van der Waals surface area contributed by atoms with Crippen molar-refractivity contribution in [3.05, 3.63) is 112 Å². The van der Waals surface area contributed by atoms with Gasteiger partial charge in [-0.2, -0.15) is 4.98 Å². The van der Waals surface area contributed by atoms with Crippen molar-refractivity contribution in [2.75, 3.05) is 26.1 Å². The van der Waals surface area contributed by atoms with Crippen LogP contribution >= 0.6 is 0 Å². The van der Waals surface area contributed by atoms with E-state index in [0.29, 0.717) is 11.5 Å². The SMILES string of the molecule is COc1ccc(C(OC[C@H]2O[C@@H](n3cnc4c(=O)[nH]c(NC(=O)C(C)C)nc43)[C@@H](N)[C@@H]2O)(c2ccccc2)c2ccc(OC)cc2)cc1. The summed E-state index contributed by atoms with van der Waals surface area (Å²) in [5.74, 6) is 0.681. The number of imidazole rings is 1. The van der Waals surface area contributed by atoms with E-state index < -0.39 is 35.6 Å². The number of aromatic nitrogens is 4. The number of nitrogens with zero attached hydrogens (tertiary/aromatic N) is 3. The minimum atomic E-state index is -1.16. The summed E-state index contributed by atoms with van der Waals surface area (Å²) in [6.07, 6.45) is -1.61. The standard InChI is InChI=1S/C35H38N6O7/c1-20(2)31(43)39-34-38-30-28(32(44)40-34)37-19-41(30)33-27(36)29(42)26(48-33)18-47-35(21-8-6-5-7-9-21,22-10-14-24(45-3)15-11-22)23-12-16-25(46-4)17-13-23/h5-17,19-20,26-27,29,33,42H,18,36H2,1-4H3,(H2,38,39,40,43,44)/t26-,27+,29-,33-/m1/s1. The molecule has 0 aliphatic carbocycles. The molecule has 1 amide bonds. The van der Waals surface area contributed by atoms with Crippen LogP contribution in [0.25, 0.3) is 11.2 Å². The summed E-state index contributed by atoms with van der Waals surface area (Å²) in [6, 6.07) is 24.0. The van der Waals surface area contributed by atoms with Gasteiger partial charge in [-0.25, -0.2) is 4.98 Å². The second-order valence-electron chi connectivity index (χ2n) is 11.8. The maximum atomic E-state index is 12.8. The zero-order valence-corrected chi connectivity index (χ0v) is 27.0. The van der Waals surface area contributed by atoms with Gasteiger partial charge < -0.3 is 29.8 Å². The van der Waals surface area contributed by atoms with Gasteiger partial charge in [-0.15, -0.1) is 0 Å². The van der Waals surface area contributed by atoms with Gasteiger partial charge in [0.15, 0.2) is 17.4 Å². The molecular formula is C35H38N6O7. The molecule has 0 radical (unpaired) electrons. The Balaban J connectivity index is 1.36. The number of H-pyrrole nitrogens is 1. The molecule has 13 nitrogen and oxygen atoms in total. The smallest absolute Gasteiger partial charge is 0.280 e. The Kier molecular flexibility index (Phi) is 9.29. The molecule has 0 unspecified atom stereocenters. The largest absolute Gasteiger partial charge is 0.497 e. The number of hydrogen-bond donors (Lipinski definition) is 4. The minimum Gasteiger partial charge on any atom is -0.497 e. The number of nitrogens with one attached hydrogen (secondary N) is 2. The number of methoxy groups -OCH3 is 2. The molecule has 2 aromatic heterocycles. The number of fused-ring (bicyclic) bond motifs is 1. The van der Waals surface area contributed by atoms with E-state index in [1.54, 1.807) is 28.1 Å². The molecular weight excluding hydrogens is 616 g/mol. The van der Waals surface area contributed by atoms with Gasteiger partial charge in [-0.1, -0.05) is 68.4 Å². The number of aliphatic hydroxyl groups is 1. The van der Waals surface area contributed by atoms with Crippen molar-refractivity contribution in [1.82, 2.24) is 19.5 Å². The molecule has 0 saturated carbocycles. The van der Waals surface area contributed by atoms with Crippen LogP contribution < -0.4 is 26.1 Å². The van der Waals surface area contributed by atoms with Gasteiger partial charge in [-0.05, 0) is 41.0 Å². The van der Waals surface area contributed by atoms with Gasteiger partial charge in [0.1, 0.15) is 29.3 Å². The van der Waals surface area contributed by atoms with Crippen molar-refractivity contribution in [3.63, 3.8) is 0 Å². The summed E-state index contributed by atoms with van der Waals surface area (Å²) in [5.41, 5.74) is 7.49. The molecule has 0 bridgehead atoms. The molecule has 5 N–H and O–H groups in total. The summed E-state index contributed by atoms with van der Waals surface area (Å²) >= 11 is 0. The lowest BCUT2D eigenvalue weighted by Gasteiger charge is -2.37. The van der Waals surface area contributed by atoms with Crippen molar-refractivity contribution in [3.8, 4) is 11.5 Å². The molecule has 1 aliphatic heterocycles. The number of carbonyl (C=O) groups is 1. The van der Waals surface area contributed by atoms with Crippen LogP contribution in [0.3, 0.4) is 0 Å². The number of amides is 1. The Morgan fingerprint density at radius 3 is 2.15 bits per heavy atom. The van der Waals surface area contributed by atoms with Crippen LogP contribution in [0.5, 0.6) is 11.5 Å². The Labute approximate surface area is 276 Å². The first-order valence-electron chi connectivity index (χ1n) is 15.5. The van der Waals surface area contributed by atoms with Crippen LogP contribution in [-0.4, -0.2) is 69.6 Å². The van der Waals surface area contributed by atoms with Crippen molar-refractivity contribution < 1.29 is 28.8 Å². The van der Waals surface area contributed by atoms with Crippen LogP contribution in [0.4, 0.5) is 5.95 Å². The highest BCUT2D eigenvalue weighted by atomic mass is 16.6. The van der Waals surface area contributed by atoms with Gasteiger partial charge in [-0.3, -0.25) is 24.5 Å². The second kappa shape index (κ2) is 13.6. The molecule has 3 heterocycles. The van der Waals surface area contributed by atoms with Gasteiger partial charge in [0.05, 0.1) is 33.2 Å². The van der Waals surface area contributed by atoms with Crippen LogP contribution in [0.1, 0.15) is 36.8 Å². The van der Waals surface area contributed by atoms with E-state index in [2.05, 4.69) is 20.3 Å². The molecule has 48 heavy (non-hydrogen) atoms. The molecule has 5 aromatic rings. The normalized spacial score (nSPS) is 19.5. The average molecular weight is 655 g/mol. The van der Waals surface area contributed by atoms with Gasteiger partial charge >= 0.3 is 0 Å². The number of nitrogens with two attached hydrogens (primary N) is 1. The van der Waals surface area contributed by atoms with Crippen LogP contribution in [0.2, 0.25) is 0 Å². The first-order chi connectivity index (χ1) is 23.2. The minimum absolute atomic E-state index is 0.0321. The fourth-order valence-electron chi connectivity index (χ4n) is 5.87. The first kappa shape index (κ1) is 32.8. The van der Waals surface area contributed by atoms with Gasteiger partial charge in [0.2, 0.25) is 11.9 Å². The number of carbonyl (C=O) groups excluding carboxylic acids is 1. The molecule has 1 fully saturated rings. The molecule has 6 rings (SSSR count). The van der Waals surface area contributed by atoms with Crippen molar-refractivity contribution in [2.45, 2.75) is 43.9 Å². The third kappa shape index (κ3) is 6.04. The highest BCUT2D eigenvalue weighted by Gasteiger charge is 2.46. The molecule has 1 saturated heterocycles. The topological polar surface area (TPSA) is 176 Å². The number of anilines is 1. The zero-order chi connectivity index (χ0) is 34.0. The third-order valence-corrected chi connectivity index (χ3v) is 8.53. The Hall–Kier alpha value is -5.08. The zero-order valence-electron chi connectivity index (χ0n) is 27.0. The fraction of sp³-hybridized carbons (Fsp3) is 0.314. The van der Waals surface area contributed by atoms with Crippen LogP contribution in [-0.2, 0) is 19.9 Å². The van der Waals surface area contributed by atoms with E-state index in [1.165, 1.54) is 10.9 Å². The highest BCUT2D eigenvalue weighted by Crippen LogP contribution is 2.43. The maximum Gasteiger partial charge on any atom is 0.280 e. The van der Waals surface area contributed by atoms with Gasteiger partial charge in [0.25, 0.3) is 5.56 Å². The number of rotatable bonds is 11. The van der Waals surface area contributed by atoms with Crippen LogP contribution in [0, 0.1) is 5.92 Å². The molecule has 3 aromatic carbocycles. The lowest BCUT2D eigenvalue weighted by molar-refractivity contribution is -0.118. The highest BCUT2D eigenvalue weighted by molar-refractivity contribution is 5.91. The van der Waals surface area contributed by atoms with Crippen molar-refractivity contribution in [1.29, 1.82) is 0 Å². The van der Waals surface area contributed by atoms with E-state index >= 15 is 0 Å². The summed E-state index contributed by atoms with van der Waals surface area (Å²) in [4.78, 5) is 36.3. The monoisotopic (exact) mass is 654 g/mol. The Morgan fingerprint density at radius 1 is 1.00 bits per heavy atom. The second-order valence-corrected chi connectivity index (χ2v) is 11.8. The summed E-state index contributed by atoms with van der Waals surface area (Å²) < 4.78 is 25.6. The third-order valence-electron chi connectivity index (χ3n) is 8.53. The molecule has 0 spiro atoms. The van der Waals surface area contributed by atoms with E-state index in [0.717, 1.165) is 16.7 Å². The van der Waals surface area contributed by atoms with Crippen LogP contribution in [0.15, 0.2) is 90.0 Å². The number of hydrogen-bond acceptors (Lipinski definition) is 10. The summed E-state index contributed by atoms with van der Waals surface area (Å²) in [7, 11) is 3.21. The van der Waals surface area contributed by atoms with E-state index in [-0.39, 0.29) is 35.5 Å². The Bertz CT molecular complexity index is 1880. The maximum absolute atomic E-state index is 12.8. The predicted octanol–water partition coefficient (Wildman–Crippen LogP) is 3.33.